The Morgan fingerprint density at radius 2 is 1.88 bits per heavy atom. The Balaban J connectivity index is 2.87. The average molecular weight is 230 g/mol. The zero-order valence-electron chi connectivity index (χ0n) is 9.72. The lowest BCUT2D eigenvalue weighted by atomic mass is 10.0. The summed E-state index contributed by atoms with van der Waals surface area (Å²) in [5.74, 6) is -0.947. The summed E-state index contributed by atoms with van der Waals surface area (Å²) in [7, 11) is 0. The third-order valence-corrected chi connectivity index (χ3v) is 2.37. The van der Waals surface area contributed by atoms with Gasteiger partial charge in [0.15, 0.2) is 0 Å². The van der Waals surface area contributed by atoms with Crippen LogP contribution in [0.5, 0.6) is 0 Å². The number of ketones is 2. The van der Waals surface area contributed by atoms with E-state index in [9.17, 15) is 9.59 Å². The first kappa shape index (κ1) is 13.0. The highest BCUT2D eigenvalue weighted by molar-refractivity contribution is 6.67. The topological polar surface area (TPSA) is 70.5 Å². The van der Waals surface area contributed by atoms with E-state index >= 15 is 0 Å². The highest BCUT2D eigenvalue weighted by Crippen LogP contribution is 2.04. The molecule has 0 radical (unpaired) electrons. The Morgan fingerprint density at radius 1 is 1.24 bits per heavy atom. The van der Waals surface area contributed by atoms with Crippen molar-refractivity contribution < 1.29 is 14.4 Å². The molecule has 0 amide bonds. The van der Waals surface area contributed by atoms with E-state index in [2.05, 4.69) is 4.79 Å². The molecule has 0 aliphatic rings. The number of hydrogen-bond acceptors (Lipinski definition) is 2. The largest absolute Gasteiger partial charge is 0.405 e. The molecule has 1 aromatic carbocycles. The molecule has 0 aromatic heterocycles. The second-order valence-electron chi connectivity index (χ2n) is 3.67. The minimum atomic E-state index is -0.533. The number of carbonyl (C=O) groups is 2. The van der Waals surface area contributed by atoms with Gasteiger partial charge in [0, 0.05) is 12.0 Å². The van der Waals surface area contributed by atoms with Gasteiger partial charge in [-0.25, -0.2) is 0 Å². The highest BCUT2D eigenvalue weighted by Gasteiger charge is 2.29. The fourth-order valence-corrected chi connectivity index (χ4v) is 1.41. The van der Waals surface area contributed by atoms with Crippen molar-refractivity contribution in [2.75, 3.05) is 0 Å². The van der Waals surface area contributed by atoms with Crippen molar-refractivity contribution in [3.63, 3.8) is 0 Å². The summed E-state index contributed by atoms with van der Waals surface area (Å²) in [6, 6.07) is 8.32. The van der Waals surface area contributed by atoms with Crippen molar-refractivity contribution in [3.8, 4) is 0 Å². The summed E-state index contributed by atoms with van der Waals surface area (Å²) in [5, 5.41) is 0. The van der Waals surface area contributed by atoms with Crippen molar-refractivity contribution in [1.29, 1.82) is 0 Å². The molecule has 88 valence electrons. The Bertz CT molecular complexity index is 460. The van der Waals surface area contributed by atoms with Gasteiger partial charge in [0.25, 0.3) is 5.78 Å². The van der Waals surface area contributed by atoms with E-state index in [-0.39, 0.29) is 12.1 Å². The number of hydrogen-bond donors (Lipinski definition) is 0. The zero-order valence-corrected chi connectivity index (χ0v) is 9.72. The van der Waals surface area contributed by atoms with Gasteiger partial charge in [-0.05, 0) is 6.42 Å². The monoisotopic (exact) mass is 230 g/mol. The first-order valence-corrected chi connectivity index (χ1v) is 5.55. The van der Waals surface area contributed by atoms with E-state index in [0.29, 0.717) is 12.0 Å². The molecule has 0 aliphatic carbocycles. The smallest absolute Gasteiger partial charge is 0.360 e. The first-order valence-electron chi connectivity index (χ1n) is 5.55. The quantitative estimate of drug-likeness (QED) is 0.247. The van der Waals surface area contributed by atoms with Crippen LogP contribution in [0.4, 0.5) is 0 Å². The number of carbonyl (C=O) groups excluding carboxylic acids is 2. The number of Topliss-reactive ketones (excluding diaryl/α,β-unsaturated/α-hetero) is 2. The molecular formula is C13H14N2O2. The lowest BCUT2D eigenvalue weighted by Crippen LogP contribution is -2.25. The average Bonchev–Trinajstić information content (AvgIpc) is 2.38. The van der Waals surface area contributed by atoms with Gasteiger partial charge in [-0.2, -0.15) is 4.79 Å². The molecule has 0 bridgehead atoms. The molecule has 0 N–H and O–H groups in total. The Labute approximate surface area is 99.9 Å². The summed E-state index contributed by atoms with van der Waals surface area (Å²) in [4.78, 5) is 26.3. The number of rotatable bonds is 6. The summed E-state index contributed by atoms with van der Waals surface area (Å²) in [6.07, 6.45) is 1.76. The fourth-order valence-electron chi connectivity index (χ4n) is 1.41. The van der Waals surface area contributed by atoms with Crippen LogP contribution in [0.25, 0.3) is 5.53 Å². The minimum Gasteiger partial charge on any atom is -0.360 e. The van der Waals surface area contributed by atoms with Crippen LogP contribution in [0, 0.1) is 0 Å². The van der Waals surface area contributed by atoms with Crippen LogP contribution >= 0.6 is 0 Å². The van der Waals surface area contributed by atoms with Crippen LogP contribution in [-0.4, -0.2) is 22.1 Å². The molecule has 0 fully saturated rings. The molecule has 0 saturated heterocycles. The van der Waals surface area contributed by atoms with Crippen molar-refractivity contribution in [2.45, 2.75) is 26.2 Å². The van der Waals surface area contributed by atoms with Gasteiger partial charge in [-0.3, -0.25) is 9.59 Å². The molecule has 4 nitrogen and oxygen atoms in total. The Hall–Kier alpha value is -2.06. The first-order chi connectivity index (χ1) is 8.20. The van der Waals surface area contributed by atoms with Crippen molar-refractivity contribution in [2.24, 2.45) is 0 Å². The van der Waals surface area contributed by atoms with Crippen LogP contribution < -0.4 is 0 Å². The second kappa shape index (κ2) is 6.51. The van der Waals surface area contributed by atoms with Crippen LogP contribution in [0.15, 0.2) is 30.3 Å². The molecule has 4 heteroatoms. The SMILES string of the molecule is CCCCC(=O)C(=[N+]=[N-])C(=O)c1ccccc1. The molecule has 0 atom stereocenters. The van der Waals surface area contributed by atoms with Gasteiger partial charge >= 0.3 is 5.71 Å². The molecule has 0 spiro atoms. The van der Waals surface area contributed by atoms with Gasteiger partial charge in [-0.15, -0.1) is 0 Å². The lowest BCUT2D eigenvalue weighted by Gasteiger charge is -1.96. The third-order valence-electron chi connectivity index (χ3n) is 2.37. The zero-order chi connectivity index (χ0) is 12.7. The molecule has 0 saturated carbocycles. The third kappa shape index (κ3) is 3.47. The number of unbranched alkanes of at least 4 members (excludes halogenated alkanes) is 1. The summed E-state index contributed by atoms with van der Waals surface area (Å²) in [5.41, 5.74) is 8.74. The number of nitrogens with zero attached hydrogens (tertiary/aromatic N) is 2. The van der Waals surface area contributed by atoms with Crippen LogP contribution in [0.1, 0.15) is 36.5 Å². The van der Waals surface area contributed by atoms with Crippen molar-refractivity contribution in [1.82, 2.24) is 0 Å². The summed E-state index contributed by atoms with van der Waals surface area (Å²) >= 11 is 0. The van der Waals surface area contributed by atoms with E-state index in [4.69, 9.17) is 5.53 Å². The van der Waals surface area contributed by atoms with Crippen LogP contribution in [-0.2, 0) is 4.79 Å². The normalized spacial score (nSPS) is 9.47. The molecule has 1 aromatic rings. The van der Waals surface area contributed by atoms with Gasteiger partial charge in [0.05, 0.1) is 0 Å². The van der Waals surface area contributed by atoms with Crippen molar-refractivity contribution in [3.05, 3.63) is 41.4 Å². The fraction of sp³-hybridized carbons (Fsp3) is 0.308. The van der Waals surface area contributed by atoms with Gasteiger partial charge < -0.3 is 5.53 Å². The van der Waals surface area contributed by atoms with E-state index in [1.165, 1.54) is 0 Å². The lowest BCUT2D eigenvalue weighted by molar-refractivity contribution is -0.117. The maximum atomic E-state index is 11.9. The maximum absolute atomic E-state index is 11.9. The second-order valence-corrected chi connectivity index (χ2v) is 3.67. The van der Waals surface area contributed by atoms with Gasteiger partial charge in [0.2, 0.25) is 5.78 Å². The molecule has 1 rings (SSSR count). The molecule has 0 heterocycles. The Kier molecular flexibility index (Phi) is 4.98. The molecule has 0 unspecified atom stereocenters. The van der Waals surface area contributed by atoms with E-state index < -0.39 is 11.6 Å². The molecule has 17 heavy (non-hydrogen) atoms. The molecule has 0 aliphatic heterocycles. The van der Waals surface area contributed by atoms with E-state index in [1.54, 1.807) is 30.3 Å². The standard InChI is InChI=1S/C13H14N2O2/c1-2-3-9-11(16)12(15-14)13(17)10-7-5-4-6-8-10/h4-8H,2-3,9H2,1H3. The highest BCUT2D eigenvalue weighted by atomic mass is 16.1. The summed E-state index contributed by atoms with van der Waals surface area (Å²) < 4.78 is 0. The molecular weight excluding hydrogens is 216 g/mol. The minimum absolute atomic E-state index is 0.231. The predicted molar refractivity (Wildman–Crippen MR) is 63.9 cm³/mol. The Morgan fingerprint density at radius 3 is 2.41 bits per heavy atom. The van der Waals surface area contributed by atoms with Gasteiger partial charge in [-0.1, -0.05) is 43.7 Å². The van der Waals surface area contributed by atoms with Crippen LogP contribution in [0.2, 0.25) is 0 Å². The summed E-state index contributed by atoms with van der Waals surface area (Å²) in [6.45, 7) is 1.95. The maximum Gasteiger partial charge on any atom is 0.405 e. The van der Waals surface area contributed by atoms with Crippen LogP contribution in [0.3, 0.4) is 0 Å². The predicted octanol–water partition coefficient (Wildman–Crippen LogP) is 2.30. The van der Waals surface area contributed by atoms with Gasteiger partial charge in [0.1, 0.15) is 0 Å². The van der Waals surface area contributed by atoms with E-state index in [0.717, 1.165) is 6.42 Å². The van der Waals surface area contributed by atoms with E-state index in [1.807, 2.05) is 6.92 Å². The van der Waals surface area contributed by atoms with Crippen molar-refractivity contribution >= 4 is 17.3 Å². The number of benzene rings is 1.